The van der Waals surface area contributed by atoms with Crippen LogP contribution in [-0.2, 0) is 14.3 Å². The largest absolute Gasteiger partial charge is 0.460 e. The molecule has 0 aliphatic heterocycles. The zero-order chi connectivity index (χ0) is 10.5. The SMILES string of the molecule is COC(CN)CC(=O)OC(C)(C)C. The quantitative estimate of drug-likeness (QED) is 0.661. The third-order valence-electron chi connectivity index (χ3n) is 1.41. The zero-order valence-electron chi connectivity index (χ0n) is 8.79. The Bertz CT molecular complexity index is 159. The fraction of sp³-hybridized carbons (Fsp3) is 0.889. The molecule has 0 spiro atoms. The number of hydrogen-bond donors (Lipinski definition) is 1. The van der Waals surface area contributed by atoms with E-state index in [4.69, 9.17) is 15.2 Å². The van der Waals surface area contributed by atoms with Crippen LogP contribution in [0.5, 0.6) is 0 Å². The fourth-order valence-electron chi connectivity index (χ4n) is 0.832. The van der Waals surface area contributed by atoms with E-state index in [2.05, 4.69) is 0 Å². The smallest absolute Gasteiger partial charge is 0.308 e. The molecule has 0 aromatic rings. The number of carbonyl (C=O) groups is 1. The topological polar surface area (TPSA) is 61.5 Å². The molecular formula is C9H19NO3. The summed E-state index contributed by atoms with van der Waals surface area (Å²) in [4.78, 5) is 11.2. The molecule has 0 aliphatic carbocycles. The number of carbonyl (C=O) groups excluding carboxylic acids is 1. The molecule has 0 radical (unpaired) electrons. The summed E-state index contributed by atoms with van der Waals surface area (Å²) in [5, 5.41) is 0. The third kappa shape index (κ3) is 6.54. The van der Waals surface area contributed by atoms with Crippen LogP contribution in [0.1, 0.15) is 27.2 Å². The maximum atomic E-state index is 11.2. The number of rotatable bonds is 4. The van der Waals surface area contributed by atoms with Gasteiger partial charge in [-0.3, -0.25) is 4.79 Å². The lowest BCUT2D eigenvalue weighted by molar-refractivity contribution is -0.157. The predicted octanol–water partition coefficient (Wildman–Crippen LogP) is 0.692. The van der Waals surface area contributed by atoms with Crippen molar-refractivity contribution in [2.24, 2.45) is 5.73 Å². The normalized spacial score (nSPS) is 13.9. The highest BCUT2D eigenvalue weighted by Gasteiger charge is 2.19. The first kappa shape index (κ1) is 12.4. The van der Waals surface area contributed by atoms with Gasteiger partial charge in [0.1, 0.15) is 5.60 Å². The highest BCUT2D eigenvalue weighted by Crippen LogP contribution is 2.09. The average molecular weight is 189 g/mol. The number of esters is 1. The third-order valence-corrected chi connectivity index (χ3v) is 1.41. The van der Waals surface area contributed by atoms with E-state index >= 15 is 0 Å². The van der Waals surface area contributed by atoms with Crippen LogP contribution in [0.15, 0.2) is 0 Å². The first-order valence-corrected chi connectivity index (χ1v) is 4.33. The summed E-state index contributed by atoms with van der Waals surface area (Å²) in [5.41, 5.74) is 4.92. The Morgan fingerprint density at radius 1 is 1.46 bits per heavy atom. The van der Waals surface area contributed by atoms with Gasteiger partial charge in [-0.05, 0) is 20.8 Å². The fourth-order valence-corrected chi connectivity index (χ4v) is 0.832. The van der Waals surface area contributed by atoms with E-state index in [9.17, 15) is 4.79 Å². The van der Waals surface area contributed by atoms with Gasteiger partial charge in [0, 0.05) is 13.7 Å². The summed E-state index contributed by atoms with van der Waals surface area (Å²) in [6, 6.07) is 0. The van der Waals surface area contributed by atoms with Gasteiger partial charge in [0.25, 0.3) is 0 Å². The molecule has 0 saturated heterocycles. The maximum Gasteiger partial charge on any atom is 0.308 e. The van der Waals surface area contributed by atoms with Crippen LogP contribution in [0.4, 0.5) is 0 Å². The van der Waals surface area contributed by atoms with Crippen molar-refractivity contribution in [3.63, 3.8) is 0 Å². The van der Waals surface area contributed by atoms with Gasteiger partial charge in [-0.25, -0.2) is 0 Å². The summed E-state index contributed by atoms with van der Waals surface area (Å²) >= 11 is 0. The second kappa shape index (κ2) is 5.19. The van der Waals surface area contributed by atoms with E-state index in [0.29, 0.717) is 6.54 Å². The van der Waals surface area contributed by atoms with Gasteiger partial charge in [0.05, 0.1) is 12.5 Å². The van der Waals surface area contributed by atoms with Crippen molar-refractivity contribution in [3.8, 4) is 0 Å². The summed E-state index contributed by atoms with van der Waals surface area (Å²) in [7, 11) is 1.53. The molecular weight excluding hydrogens is 170 g/mol. The van der Waals surface area contributed by atoms with Crippen LogP contribution in [0.25, 0.3) is 0 Å². The Balaban J connectivity index is 3.86. The lowest BCUT2D eigenvalue weighted by atomic mass is 10.2. The Morgan fingerprint density at radius 2 is 2.00 bits per heavy atom. The van der Waals surface area contributed by atoms with Crippen LogP contribution >= 0.6 is 0 Å². The summed E-state index contributed by atoms with van der Waals surface area (Å²) in [6.45, 7) is 5.81. The molecule has 0 aromatic heterocycles. The van der Waals surface area contributed by atoms with Crippen LogP contribution in [-0.4, -0.2) is 31.3 Å². The number of ether oxygens (including phenoxy) is 2. The minimum absolute atomic E-state index is 0.213. The van der Waals surface area contributed by atoms with Gasteiger partial charge in [0.2, 0.25) is 0 Å². The Hall–Kier alpha value is -0.610. The van der Waals surface area contributed by atoms with Crippen molar-refractivity contribution in [1.82, 2.24) is 0 Å². The molecule has 4 nitrogen and oxygen atoms in total. The monoisotopic (exact) mass is 189 g/mol. The standard InChI is InChI=1S/C9H19NO3/c1-9(2,3)13-8(11)5-7(6-10)12-4/h7H,5-6,10H2,1-4H3. The number of hydrogen-bond acceptors (Lipinski definition) is 4. The minimum atomic E-state index is -0.441. The predicted molar refractivity (Wildman–Crippen MR) is 50.3 cm³/mol. The zero-order valence-corrected chi connectivity index (χ0v) is 8.79. The second-order valence-electron chi connectivity index (χ2n) is 3.88. The van der Waals surface area contributed by atoms with Gasteiger partial charge in [-0.15, -0.1) is 0 Å². The molecule has 0 saturated carbocycles. The first-order valence-electron chi connectivity index (χ1n) is 4.33. The summed E-state index contributed by atoms with van der Waals surface area (Å²) < 4.78 is 10.1. The van der Waals surface area contributed by atoms with E-state index in [1.807, 2.05) is 20.8 Å². The number of methoxy groups -OCH3 is 1. The van der Waals surface area contributed by atoms with Crippen LogP contribution in [0.2, 0.25) is 0 Å². The highest BCUT2D eigenvalue weighted by molar-refractivity contribution is 5.70. The van der Waals surface area contributed by atoms with Crippen LogP contribution < -0.4 is 5.73 Å². The molecule has 0 amide bonds. The van der Waals surface area contributed by atoms with Gasteiger partial charge in [0.15, 0.2) is 0 Å². The molecule has 1 atom stereocenters. The summed E-state index contributed by atoms with van der Waals surface area (Å²) in [6.07, 6.45) is -0.0283. The van der Waals surface area contributed by atoms with Crippen molar-refractivity contribution in [1.29, 1.82) is 0 Å². The van der Waals surface area contributed by atoms with Gasteiger partial charge in [-0.1, -0.05) is 0 Å². The van der Waals surface area contributed by atoms with Gasteiger partial charge >= 0.3 is 5.97 Å². The van der Waals surface area contributed by atoms with Gasteiger partial charge < -0.3 is 15.2 Å². The second-order valence-corrected chi connectivity index (χ2v) is 3.88. The van der Waals surface area contributed by atoms with Crippen molar-refractivity contribution >= 4 is 5.97 Å². The van der Waals surface area contributed by atoms with Gasteiger partial charge in [-0.2, -0.15) is 0 Å². The molecule has 1 unspecified atom stereocenters. The van der Waals surface area contributed by atoms with Crippen molar-refractivity contribution in [2.45, 2.75) is 38.9 Å². The Kier molecular flexibility index (Phi) is 4.95. The molecule has 0 fully saturated rings. The van der Waals surface area contributed by atoms with E-state index in [0.717, 1.165) is 0 Å². The molecule has 0 heterocycles. The Labute approximate surface area is 79.4 Å². The van der Waals surface area contributed by atoms with Crippen LogP contribution in [0, 0.1) is 0 Å². The van der Waals surface area contributed by atoms with E-state index in [1.165, 1.54) is 7.11 Å². The Morgan fingerprint density at radius 3 is 2.31 bits per heavy atom. The first-order chi connectivity index (χ1) is 5.89. The maximum absolute atomic E-state index is 11.2. The lowest BCUT2D eigenvalue weighted by Crippen LogP contribution is -2.30. The van der Waals surface area contributed by atoms with Crippen LogP contribution in [0.3, 0.4) is 0 Å². The van der Waals surface area contributed by atoms with E-state index in [-0.39, 0.29) is 18.5 Å². The molecule has 13 heavy (non-hydrogen) atoms. The van der Waals surface area contributed by atoms with E-state index in [1.54, 1.807) is 0 Å². The molecule has 0 aliphatic rings. The number of nitrogens with two attached hydrogens (primary N) is 1. The molecule has 0 rings (SSSR count). The summed E-state index contributed by atoms with van der Waals surface area (Å²) in [5.74, 6) is -0.273. The van der Waals surface area contributed by atoms with Crippen molar-refractivity contribution < 1.29 is 14.3 Å². The van der Waals surface area contributed by atoms with E-state index < -0.39 is 5.60 Å². The molecule has 4 heteroatoms. The molecule has 78 valence electrons. The lowest BCUT2D eigenvalue weighted by Gasteiger charge is -2.21. The molecule has 0 bridgehead atoms. The highest BCUT2D eigenvalue weighted by atomic mass is 16.6. The molecule has 0 aromatic carbocycles. The molecule has 2 N–H and O–H groups in total. The van der Waals surface area contributed by atoms with Crippen molar-refractivity contribution in [2.75, 3.05) is 13.7 Å². The average Bonchev–Trinajstić information content (AvgIpc) is 1.96. The van der Waals surface area contributed by atoms with Crippen molar-refractivity contribution in [3.05, 3.63) is 0 Å². The minimum Gasteiger partial charge on any atom is -0.460 e.